The molecule has 0 aromatic heterocycles. The van der Waals surface area contributed by atoms with Crippen LogP contribution < -0.4 is 10.1 Å². The van der Waals surface area contributed by atoms with Crippen LogP contribution in [0.3, 0.4) is 0 Å². The second-order valence-corrected chi connectivity index (χ2v) is 4.42. The molecule has 0 aliphatic heterocycles. The van der Waals surface area contributed by atoms with Gasteiger partial charge in [0.15, 0.2) is 0 Å². The molecule has 0 spiro atoms. The van der Waals surface area contributed by atoms with Gasteiger partial charge in [0.2, 0.25) is 0 Å². The first kappa shape index (κ1) is 14.1. The highest BCUT2D eigenvalue weighted by Gasteiger charge is 2.16. The van der Waals surface area contributed by atoms with E-state index in [1.165, 1.54) is 12.1 Å². The Bertz CT molecular complexity index is 613. The first-order valence-corrected chi connectivity index (χ1v) is 6.31. The van der Waals surface area contributed by atoms with Gasteiger partial charge in [0.25, 0.3) is 5.91 Å². The molecule has 2 aromatic rings. The number of methoxy groups -OCH3 is 1. The summed E-state index contributed by atoms with van der Waals surface area (Å²) in [6.45, 7) is 1.83. The monoisotopic (exact) mass is 273 g/mol. The molecule has 3 nitrogen and oxygen atoms in total. The van der Waals surface area contributed by atoms with Crippen molar-refractivity contribution in [3.05, 3.63) is 65.5 Å². The Labute approximate surface area is 117 Å². The molecule has 0 unspecified atom stereocenters. The molecule has 0 heterocycles. The van der Waals surface area contributed by atoms with E-state index in [2.05, 4.69) is 5.32 Å². The standard InChI is InChI=1S/C16H16FNO2/c1-11(12-7-4-6-10-15(12)20-2)18-16(19)13-8-3-5-9-14(13)17/h3-11H,1-2H3,(H,18,19)/t11-/m0/s1. The maximum Gasteiger partial charge on any atom is 0.254 e. The topological polar surface area (TPSA) is 38.3 Å². The minimum atomic E-state index is -0.530. The molecule has 0 saturated heterocycles. The van der Waals surface area contributed by atoms with Gasteiger partial charge in [-0.2, -0.15) is 0 Å². The Morgan fingerprint density at radius 3 is 2.50 bits per heavy atom. The molecule has 104 valence electrons. The van der Waals surface area contributed by atoms with Crippen LogP contribution in [-0.2, 0) is 0 Å². The van der Waals surface area contributed by atoms with Crippen LogP contribution in [-0.4, -0.2) is 13.0 Å². The number of carbonyl (C=O) groups excluding carboxylic acids is 1. The summed E-state index contributed by atoms with van der Waals surface area (Å²) in [6.07, 6.45) is 0. The zero-order valence-electron chi connectivity index (χ0n) is 11.4. The van der Waals surface area contributed by atoms with E-state index in [-0.39, 0.29) is 11.6 Å². The average Bonchev–Trinajstić information content (AvgIpc) is 2.47. The Morgan fingerprint density at radius 2 is 1.80 bits per heavy atom. The lowest BCUT2D eigenvalue weighted by atomic mass is 10.1. The van der Waals surface area contributed by atoms with Crippen LogP contribution in [0.1, 0.15) is 28.9 Å². The minimum absolute atomic E-state index is 0.0363. The number of para-hydroxylation sites is 1. The average molecular weight is 273 g/mol. The summed E-state index contributed by atoms with van der Waals surface area (Å²) in [6, 6.07) is 13.0. The zero-order chi connectivity index (χ0) is 14.5. The van der Waals surface area contributed by atoms with Crippen LogP contribution in [0.15, 0.2) is 48.5 Å². The lowest BCUT2D eigenvalue weighted by Gasteiger charge is -2.17. The molecule has 4 heteroatoms. The van der Waals surface area contributed by atoms with Crippen molar-refractivity contribution in [1.29, 1.82) is 0 Å². The molecule has 0 fully saturated rings. The van der Waals surface area contributed by atoms with Crippen molar-refractivity contribution < 1.29 is 13.9 Å². The highest BCUT2D eigenvalue weighted by atomic mass is 19.1. The number of nitrogens with one attached hydrogen (secondary N) is 1. The molecule has 0 aliphatic carbocycles. The van der Waals surface area contributed by atoms with E-state index in [1.54, 1.807) is 19.2 Å². The van der Waals surface area contributed by atoms with Crippen molar-refractivity contribution >= 4 is 5.91 Å². The van der Waals surface area contributed by atoms with Gasteiger partial charge in [-0.1, -0.05) is 30.3 Å². The maximum absolute atomic E-state index is 13.6. The quantitative estimate of drug-likeness (QED) is 0.928. The summed E-state index contributed by atoms with van der Waals surface area (Å²) in [5, 5.41) is 2.77. The summed E-state index contributed by atoms with van der Waals surface area (Å²) in [4.78, 5) is 12.1. The number of carbonyl (C=O) groups is 1. The van der Waals surface area contributed by atoms with E-state index in [4.69, 9.17) is 4.74 Å². The summed E-state index contributed by atoms with van der Waals surface area (Å²) in [5.74, 6) is -0.285. The zero-order valence-corrected chi connectivity index (χ0v) is 11.4. The second kappa shape index (κ2) is 6.19. The van der Waals surface area contributed by atoms with Crippen molar-refractivity contribution in [1.82, 2.24) is 5.32 Å². The van der Waals surface area contributed by atoms with E-state index in [0.29, 0.717) is 5.75 Å². The highest BCUT2D eigenvalue weighted by Crippen LogP contribution is 2.24. The summed E-state index contributed by atoms with van der Waals surface area (Å²) < 4.78 is 18.8. The summed E-state index contributed by atoms with van der Waals surface area (Å²) in [5.41, 5.74) is 0.883. The van der Waals surface area contributed by atoms with Crippen molar-refractivity contribution in [2.24, 2.45) is 0 Å². The molecule has 0 radical (unpaired) electrons. The van der Waals surface area contributed by atoms with Crippen molar-refractivity contribution in [3.8, 4) is 5.75 Å². The molecule has 0 saturated carbocycles. The van der Waals surface area contributed by atoms with Gasteiger partial charge in [-0.3, -0.25) is 4.79 Å². The predicted octanol–water partition coefficient (Wildman–Crippen LogP) is 3.33. The first-order valence-electron chi connectivity index (χ1n) is 6.31. The van der Waals surface area contributed by atoms with Gasteiger partial charge in [0.05, 0.1) is 18.7 Å². The van der Waals surface area contributed by atoms with Gasteiger partial charge in [0.1, 0.15) is 11.6 Å². The normalized spacial score (nSPS) is 11.8. The van der Waals surface area contributed by atoms with E-state index in [0.717, 1.165) is 5.56 Å². The molecule has 0 bridgehead atoms. The molecule has 0 aliphatic rings. The smallest absolute Gasteiger partial charge is 0.254 e. The van der Waals surface area contributed by atoms with E-state index in [1.807, 2.05) is 31.2 Å². The fraction of sp³-hybridized carbons (Fsp3) is 0.188. The first-order chi connectivity index (χ1) is 9.63. The number of rotatable bonds is 4. The molecular formula is C16H16FNO2. The molecule has 20 heavy (non-hydrogen) atoms. The SMILES string of the molecule is COc1ccccc1[C@H](C)NC(=O)c1ccccc1F. The van der Waals surface area contributed by atoms with Crippen molar-refractivity contribution in [2.75, 3.05) is 7.11 Å². The van der Waals surface area contributed by atoms with Gasteiger partial charge < -0.3 is 10.1 Å². The number of hydrogen-bond acceptors (Lipinski definition) is 2. The third-order valence-electron chi connectivity index (χ3n) is 3.07. The Hall–Kier alpha value is -2.36. The van der Waals surface area contributed by atoms with Gasteiger partial charge in [-0.15, -0.1) is 0 Å². The fourth-order valence-corrected chi connectivity index (χ4v) is 2.02. The molecule has 2 aromatic carbocycles. The van der Waals surface area contributed by atoms with Crippen molar-refractivity contribution in [3.63, 3.8) is 0 Å². The lowest BCUT2D eigenvalue weighted by Crippen LogP contribution is -2.27. The number of halogens is 1. The highest BCUT2D eigenvalue weighted by molar-refractivity contribution is 5.94. The van der Waals surface area contributed by atoms with E-state index >= 15 is 0 Å². The van der Waals surface area contributed by atoms with Gasteiger partial charge in [0, 0.05) is 5.56 Å². The van der Waals surface area contributed by atoms with E-state index < -0.39 is 11.7 Å². The van der Waals surface area contributed by atoms with Gasteiger partial charge >= 0.3 is 0 Å². The number of hydrogen-bond donors (Lipinski definition) is 1. The summed E-state index contributed by atoms with van der Waals surface area (Å²) in [7, 11) is 1.57. The van der Waals surface area contributed by atoms with Crippen LogP contribution in [0.25, 0.3) is 0 Å². The number of benzene rings is 2. The van der Waals surface area contributed by atoms with Crippen LogP contribution in [0.2, 0.25) is 0 Å². The molecule has 2 rings (SSSR count). The second-order valence-electron chi connectivity index (χ2n) is 4.42. The van der Waals surface area contributed by atoms with Gasteiger partial charge in [-0.05, 0) is 25.1 Å². The third-order valence-corrected chi connectivity index (χ3v) is 3.07. The van der Waals surface area contributed by atoms with Crippen LogP contribution >= 0.6 is 0 Å². The summed E-state index contributed by atoms with van der Waals surface area (Å²) >= 11 is 0. The largest absolute Gasteiger partial charge is 0.496 e. The number of amides is 1. The molecule has 1 amide bonds. The predicted molar refractivity (Wildman–Crippen MR) is 75.3 cm³/mol. The van der Waals surface area contributed by atoms with Gasteiger partial charge in [-0.25, -0.2) is 4.39 Å². The minimum Gasteiger partial charge on any atom is -0.496 e. The molecular weight excluding hydrogens is 257 g/mol. The van der Waals surface area contributed by atoms with E-state index in [9.17, 15) is 9.18 Å². The number of ether oxygens (including phenoxy) is 1. The van der Waals surface area contributed by atoms with Crippen LogP contribution in [0.5, 0.6) is 5.75 Å². The van der Waals surface area contributed by atoms with Crippen LogP contribution in [0.4, 0.5) is 4.39 Å². The molecule has 1 atom stereocenters. The lowest BCUT2D eigenvalue weighted by molar-refractivity contribution is 0.0935. The Balaban J connectivity index is 2.18. The fourth-order valence-electron chi connectivity index (χ4n) is 2.02. The maximum atomic E-state index is 13.6. The Morgan fingerprint density at radius 1 is 1.15 bits per heavy atom. The van der Waals surface area contributed by atoms with Crippen molar-refractivity contribution in [2.45, 2.75) is 13.0 Å². The van der Waals surface area contributed by atoms with Crippen LogP contribution in [0, 0.1) is 5.82 Å². The Kier molecular flexibility index (Phi) is 4.35. The third kappa shape index (κ3) is 2.96. The molecule has 1 N–H and O–H groups in total.